The molecule has 0 saturated carbocycles. The Kier molecular flexibility index (Phi) is 5.96. The maximum absolute atomic E-state index is 13.8. The second-order valence-electron chi connectivity index (χ2n) is 8.73. The minimum Gasteiger partial charge on any atom is -0.489 e. The van der Waals surface area contributed by atoms with Crippen molar-refractivity contribution in [2.45, 2.75) is 32.1 Å². The summed E-state index contributed by atoms with van der Waals surface area (Å²) in [5, 5.41) is 0.937. The van der Waals surface area contributed by atoms with E-state index in [2.05, 4.69) is 36.3 Å². The van der Waals surface area contributed by atoms with E-state index in [1.54, 1.807) is 6.08 Å². The van der Waals surface area contributed by atoms with E-state index in [1.165, 1.54) is 11.1 Å². The van der Waals surface area contributed by atoms with Crippen molar-refractivity contribution in [3.05, 3.63) is 78.0 Å². The average Bonchev–Trinajstić information content (AvgIpc) is 3.44. The Balaban J connectivity index is 1.51. The van der Waals surface area contributed by atoms with Crippen LogP contribution in [0.4, 0.5) is 0 Å². The van der Waals surface area contributed by atoms with Crippen molar-refractivity contribution in [1.82, 2.24) is 9.47 Å². The van der Waals surface area contributed by atoms with Crippen LogP contribution in [0.5, 0.6) is 5.75 Å². The van der Waals surface area contributed by atoms with Gasteiger partial charge < -0.3 is 23.7 Å². The van der Waals surface area contributed by atoms with E-state index in [9.17, 15) is 4.79 Å². The monoisotopic (exact) mass is 446 g/mol. The Morgan fingerprint density at radius 1 is 1.12 bits per heavy atom. The molecule has 0 bridgehead atoms. The number of piperidine rings is 1. The number of aromatic nitrogens is 1. The predicted molar refractivity (Wildman–Crippen MR) is 128 cm³/mol. The largest absolute Gasteiger partial charge is 0.489 e. The lowest BCUT2D eigenvalue weighted by atomic mass is 10.0. The highest BCUT2D eigenvalue weighted by Gasteiger charge is 2.41. The number of carbonyl (C=O) groups excluding carboxylic acids is 1. The van der Waals surface area contributed by atoms with E-state index in [-0.39, 0.29) is 5.91 Å². The number of carbonyl (C=O) groups is 1. The molecule has 3 aromatic rings. The van der Waals surface area contributed by atoms with Gasteiger partial charge in [0.1, 0.15) is 18.1 Å². The molecule has 2 aliphatic heterocycles. The Labute approximate surface area is 194 Å². The number of nitrogens with zero attached hydrogens (tertiary/aromatic N) is 2. The number of hydrogen-bond donors (Lipinski definition) is 0. The predicted octanol–water partition coefficient (Wildman–Crippen LogP) is 4.54. The summed E-state index contributed by atoms with van der Waals surface area (Å²) in [4.78, 5) is 15.7. The quantitative estimate of drug-likeness (QED) is 0.522. The van der Waals surface area contributed by atoms with Crippen LogP contribution in [0.2, 0.25) is 0 Å². The normalized spacial score (nSPS) is 17.5. The van der Waals surface area contributed by atoms with Crippen LogP contribution in [0.25, 0.3) is 10.9 Å². The van der Waals surface area contributed by atoms with E-state index < -0.39 is 5.79 Å². The van der Waals surface area contributed by atoms with Crippen molar-refractivity contribution in [1.29, 1.82) is 0 Å². The third-order valence-corrected chi connectivity index (χ3v) is 6.70. The summed E-state index contributed by atoms with van der Waals surface area (Å²) in [6, 6.07) is 16.2. The lowest BCUT2D eigenvalue weighted by molar-refractivity contribution is -0.181. The van der Waals surface area contributed by atoms with Gasteiger partial charge in [-0.1, -0.05) is 43.0 Å². The summed E-state index contributed by atoms with van der Waals surface area (Å²) < 4.78 is 19.7. The van der Waals surface area contributed by atoms with Crippen molar-refractivity contribution in [3.8, 4) is 5.75 Å². The standard InChI is InChI=1S/C27H30N2O4/c1-3-15-31-25-10-6-9-23-22(25)18-24(29(23)19-21-8-5-4-7-20(21)2)26(30)28-13-11-27(12-14-28)32-16-17-33-27/h3-10,18H,1,11-17,19H2,2H3. The van der Waals surface area contributed by atoms with Gasteiger partial charge in [-0.3, -0.25) is 4.79 Å². The van der Waals surface area contributed by atoms with Crippen LogP contribution in [-0.4, -0.2) is 54.1 Å². The van der Waals surface area contributed by atoms with Gasteiger partial charge >= 0.3 is 0 Å². The van der Waals surface area contributed by atoms with E-state index >= 15 is 0 Å². The molecule has 2 aromatic carbocycles. The van der Waals surface area contributed by atoms with Gasteiger partial charge in [0, 0.05) is 37.9 Å². The molecule has 1 spiro atoms. The molecule has 0 radical (unpaired) electrons. The van der Waals surface area contributed by atoms with Crippen LogP contribution in [0, 0.1) is 6.92 Å². The van der Waals surface area contributed by atoms with Crippen LogP contribution in [-0.2, 0) is 16.0 Å². The molecular formula is C27H30N2O4. The van der Waals surface area contributed by atoms with Crippen molar-refractivity contribution in [2.75, 3.05) is 32.9 Å². The molecule has 2 saturated heterocycles. The molecule has 0 unspecified atom stereocenters. The minimum absolute atomic E-state index is 0.0299. The van der Waals surface area contributed by atoms with E-state index in [0.29, 0.717) is 58.0 Å². The number of rotatable bonds is 6. The van der Waals surface area contributed by atoms with Crippen molar-refractivity contribution < 1.29 is 19.0 Å². The lowest BCUT2D eigenvalue weighted by Crippen LogP contribution is -2.47. The number of fused-ring (bicyclic) bond motifs is 1. The highest BCUT2D eigenvalue weighted by atomic mass is 16.7. The highest BCUT2D eigenvalue weighted by Crippen LogP contribution is 2.34. The molecule has 1 amide bonds. The fraction of sp³-hybridized carbons (Fsp3) is 0.370. The zero-order valence-electron chi connectivity index (χ0n) is 19.1. The molecule has 0 N–H and O–H groups in total. The summed E-state index contributed by atoms with van der Waals surface area (Å²) in [5.41, 5.74) is 4.05. The first-order chi connectivity index (χ1) is 16.1. The van der Waals surface area contributed by atoms with Crippen molar-refractivity contribution in [2.24, 2.45) is 0 Å². The molecule has 0 aliphatic carbocycles. The zero-order valence-corrected chi connectivity index (χ0v) is 19.1. The van der Waals surface area contributed by atoms with E-state index in [4.69, 9.17) is 14.2 Å². The van der Waals surface area contributed by atoms with Crippen LogP contribution in [0.1, 0.15) is 34.5 Å². The van der Waals surface area contributed by atoms with Gasteiger partial charge in [0.05, 0.1) is 18.7 Å². The van der Waals surface area contributed by atoms with E-state index in [1.807, 2.05) is 35.2 Å². The molecule has 33 heavy (non-hydrogen) atoms. The molecule has 172 valence electrons. The number of hydrogen-bond acceptors (Lipinski definition) is 4. The lowest BCUT2D eigenvalue weighted by Gasteiger charge is -2.37. The zero-order chi connectivity index (χ0) is 22.8. The Morgan fingerprint density at radius 3 is 2.61 bits per heavy atom. The first-order valence-corrected chi connectivity index (χ1v) is 11.6. The Bertz CT molecular complexity index is 1170. The fourth-order valence-electron chi connectivity index (χ4n) is 4.84. The number of amides is 1. The molecule has 1 aromatic heterocycles. The summed E-state index contributed by atoms with van der Waals surface area (Å²) in [6.45, 7) is 9.38. The van der Waals surface area contributed by atoms with Crippen molar-refractivity contribution >= 4 is 16.8 Å². The van der Waals surface area contributed by atoms with Crippen LogP contribution in [0.3, 0.4) is 0 Å². The molecule has 2 aliphatic rings. The second kappa shape index (κ2) is 9.04. The fourth-order valence-corrected chi connectivity index (χ4v) is 4.84. The summed E-state index contributed by atoms with van der Waals surface area (Å²) in [7, 11) is 0. The number of aryl methyl sites for hydroxylation is 1. The smallest absolute Gasteiger partial charge is 0.270 e. The molecule has 5 rings (SSSR count). The molecule has 3 heterocycles. The van der Waals surface area contributed by atoms with Crippen LogP contribution < -0.4 is 4.74 Å². The van der Waals surface area contributed by atoms with Gasteiger partial charge in [-0.05, 0) is 36.2 Å². The summed E-state index contributed by atoms with van der Waals surface area (Å²) in [5.74, 6) is 0.286. The third-order valence-electron chi connectivity index (χ3n) is 6.70. The van der Waals surface area contributed by atoms with Gasteiger partial charge in [-0.25, -0.2) is 0 Å². The van der Waals surface area contributed by atoms with Crippen LogP contribution >= 0.6 is 0 Å². The van der Waals surface area contributed by atoms with Gasteiger partial charge in [0.25, 0.3) is 5.91 Å². The first-order valence-electron chi connectivity index (χ1n) is 11.6. The maximum atomic E-state index is 13.8. The molecule has 2 fully saturated rings. The van der Waals surface area contributed by atoms with Gasteiger partial charge in [0.2, 0.25) is 0 Å². The molecule has 6 heteroatoms. The number of likely N-dealkylation sites (tertiary alicyclic amines) is 1. The number of benzene rings is 2. The Hall–Kier alpha value is -3.09. The highest BCUT2D eigenvalue weighted by molar-refractivity contribution is 6.00. The summed E-state index contributed by atoms with van der Waals surface area (Å²) in [6.07, 6.45) is 3.13. The first kappa shape index (κ1) is 21.7. The van der Waals surface area contributed by atoms with Crippen molar-refractivity contribution in [3.63, 3.8) is 0 Å². The van der Waals surface area contributed by atoms with Gasteiger partial charge in [-0.2, -0.15) is 0 Å². The van der Waals surface area contributed by atoms with E-state index in [0.717, 1.165) is 16.7 Å². The topological polar surface area (TPSA) is 52.9 Å². The van der Waals surface area contributed by atoms with Crippen LogP contribution in [0.15, 0.2) is 61.2 Å². The molecule has 0 atom stereocenters. The van der Waals surface area contributed by atoms with Gasteiger partial charge in [-0.15, -0.1) is 0 Å². The number of ether oxygens (including phenoxy) is 3. The molecular weight excluding hydrogens is 416 g/mol. The molecule has 6 nitrogen and oxygen atoms in total. The average molecular weight is 447 g/mol. The second-order valence-corrected chi connectivity index (χ2v) is 8.73. The van der Waals surface area contributed by atoms with Gasteiger partial charge in [0.15, 0.2) is 5.79 Å². The third kappa shape index (κ3) is 4.16. The summed E-state index contributed by atoms with van der Waals surface area (Å²) >= 11 is 0. The SMILES string of the molecule is C=CCOc1cccc2c1cc(C(=O)N1CCC3(CC1)OCCO3)n2Cc1ccccc1C. The maximum Gasteiger partial charge on any atom is 0.270 e. The Morgan fingerprint density at radius 2 is 1.88 bits per heavy atom. The minimum atomic E-state index is -0.504.